The van der Waals surface area contributed by atoms with Crippen molar-refractivity contribution in [3.05, 3.63) is 11.1 Å². The van der Waals surface area contributed by atoms with Crippen LogP contribution in [0.3, 0.4) is 0 Å². The maximum Gasteiger partial charge on any atom is 0.333 e. The molecule has 154 valence electrons. The predicted molar refractivity (Wildman–Crippen MR) is 115 cm³/mol. The van der Waals surface area contributed by atoms with Crippen LogP contribution in [0.5, 0.6) is 0 Å². The number of esters is 1. The molecule has 0 aromatic heterocycles. The summed E-state index contributed by atoms with van der Waals surface area (Å²) in [7, 11) is 1.51. The molecule has 0 saturated carbocycles. The van der Waals surface area contributed by atoms with Crippen molar-refractivity contribution in [2.24, 2.45) is 0 Å². The first-order chi connectivity index (χ1) is 12.7. The third kappa shape index (κ3) is 14.4. The van der Waals surface area contributed by atoms with Gasteiger partial charge in [-0.05, 0) is 32.6 Å². The molecule has 0 radical (unpaired) electrons. The fraction of sp³-hybridized carbons (Fsp3) is 0.875. The minimum Gasteiger partial charge on any atom is -0.466 e. The van der Waals surface area contributed by atoms with Gasteiger partial charge in [-0.1, -0.05) is 103 Å². The Hall–Kier alpha value is -0.790. The van der Waals surface area contributed by atoms with Gasteiger partial charge in [0, 0.05) is 5.57 Å². The van der Waals surface area contributed by atoms with Crippen LogP contribution in [0.2, 0.25) is 0 Å². The number of hydrogen-bond acceptors (Lipinski definition) is 2. The zero-order chi connectivity index (χ0) is 19.5. The van der Waals surface area contributed by atoms with Gasteiger partial charge >= 0.3 is 5.97 Å². The first-order valence-corrected chi connectivity index (χ1v) is 11.4. The van der Waals surface area contributed by atoms with E-state index in [0.29, 0.717) is 0 Å². The average molecular weight is 367 g/mol. The number of allylic oxidation sites excluding steroid dienone is 1. The molecule has 0 heterocycles. The van der Waals surface area contributed by atoms with Crippen LogP contribution in [0.1, 0.15) is 130 Å². The van der Waals surface area contributed by atoms with Crippen LogP contribution in [-0.2, 0) is 9.53 Å². The molecule has 0 spiro atoms. The van der Waals surface area contributed by atoms with Crippen LogP contribution in [0.4, 0.5) is 0 Å². The molecule has 0 aliphatic rings. The van der Waals surface area contributed by atoms with Gasteiger partial charge in [-0.15, -0.1) is 0 Å². The van der Waals surface area contributed by atoms with Crippen LogP contribution >= 0.6 is 0 Å². The monoisotopic (exact) mass is 366 g/mol. The number of ether oxygens (including phenoxy) is 1. The Morgan fingerprint density at radius 3 is 1.42 bits per heavy atom. The molecule has 0 saturated heterocycles. The normalized spacial score (nSPS) is 12.2. The lowest BCUT2D eigenvalue weighted by Crippen LogP contribution is -2.07. The van der Waals surface area contributed by atoms with Gasteiger partial charge < -0.3 is 4.74 Å². The maximum atomic E-state index is 12.1. The minimum absolute atomic E-state index is 0.103. The van der Waals surface area contributed by atoms with E-state index < -0.39 is 0 Å². The number of carbonyl (C=O) groups excluding carboxylic acids is 1. The standard InChI is InChI=1S/C24H46O2/c1-5-7-9-11-13-15-17-19-21-23(24(25)26-4)22(3)20-18-16-14-12-10-8-6-2/h5-21H2,1-4H3. The second kappa shape index (κ2) is 19.0. The van der Waals surface area contributed by atoms with Crippen LogP contribution in [0, 0.1) is 0 Å². The van der Waals surface area contributed by atoms with Gasteiger partial charge in [0.15, 0.2) is 0 Å². The summed E-state index contributed by atoms with van der Waals surface area (Å²) in [4.78, 5) is 12.1. The molecule has 0 fully saturated rings. The molecular formula is C24H46O2. The smallest absolute Gasteiger partial charge is 0.333 e. The molecule has 0 aliphatic carbocycles. The highest BCUT2D eigenvalue weighted by Crippen LogP contribution is 2.21. The lowest BCUT2D eigenvalue weighted by Gasteiger charge is -2.11. The molecule has 0 aromatic carbocycles. The zero-order valence-corrected chi connectivity index (χ0v) is 18.3. The number of unbranched alkanes of at least 4 members (excludes halogenated alkanes) is 13. The van der Waals surface area contributed by atoms with Crippen molar-refractivity contribution < 1.29 is 9.53 Å². The fourth-order valence-electron chi connectivity index (χ4n) is 3.55. The lowest BCUT2D eigenvalue weighted by molar-refractivity contribution is -0.136. The van der Waals surface area contributed by atoms with Crippen molar-refractivity contribution in [1.82, 2.24) is 0 Å². The molecule has 0 aliphatic heterocycles. The number of carbonyl (C=O) groups is 1. The van der Waals surface area contributed by atoms with E-state index in [2.05, 4.69) is 20.8 Å². The highest BCUT2D eigenvalue weighted by Gasteiger charge is 2.13. The third-order valence-corrected chi connectivity index (χ3v) is 5.38. The zero-order valence-electron chi connectivity index (χ0n) is 18.3. The van der Waals surface area contributed by atoms with E-state index in [-0.39, 0.29) is 5.97 Å². The topological polar surface area (TPSA) is 26.3 Å². The first-order valence-electron chi connectivity index (χ1n) is 11.4. The molecule has 2 nitrogen and oxygen atoms in total. The quantitative estimate of drug-likeness (QED) is 0.139. The van der Waals surface area contributed by atoms with Crippen LogP contribution < -0.4 is 0 Å². The summed E-state index contributed by atoms with van der Waals surface area (Å²) in [5, 5.41) is 0. The third-order valence-electron chi connectivity index (χ3n) is 5.38. The van der Waals surface area contributed by atoms with E-state index in [1.807, 2.05) is 0 Å². The molecule has 0 atom stereocenters. The second-order valence-corrected chi connectivity index (χ2v) is 7.85. The predicted octanol–water partition coefficient (Wildman–Crippen LogP) is 8.15. The largest absolute Gasteiger partial charge is 0.466 e. The van der Waals surface area contributed by atoms with Crippen LogP contribution in [-0.4, -0.2) is 13.1 Å². The highest BCUT2D eigenvalue weighted by molar-refractivity contribution is 5.89. The van der Waals surface area contributed by atoms with E-state index in [1.165, 1.54) is 103 Å². The van der Waals surface area contributed by atoms with E-state index in [0.717, 1.165) is 24.8 Å². The summed E-state index contributed by atoms with van der Waals surface area (Å²) in [6.07, 6.45) is 21.6. The summed E-state index contributed by atoms with van der Waals surface area (Å²) in [6, 6.07) is 0. The van der Waals surface area contributed by atoms with E-state index in [4.69, 9.17) is 4.74 Å². The van der Waals surface area contributed by atoms with Crippen molar-refractivity contribution in [3.63, 3.8) is 0 Å². The number of methoxy groups -OCH3 is 1. The van der Waals surface area contributed by atoms with Gasteiger partial charge in [-0.2, -0.15) is 0 Å². The second-order valence-electron chi connectivity index (χ2n) is 7.85. The Labute approximate surface area is 164 Å². The lowest BCUT2D eigenvalue weighted by atomic mass is 9.97. The SMILES string of the molecule is CCCCCCCCCCC(C(=O)OC)=C(C)CCCCCCCCC. The fourth-order valence-corrected chi connectivity index (χ4v) is 3.55. The molecule has 0 rings (SSSR count). The van der Waals surface area contributed by atoms with Gasteiger partial charge in [0.2, 0.25) is 0 Å². The highest BCUT2D eigenvalue weighted by atomic mass is 16.5. The molecule has 26 heavy (non-hydrogen) atoms. The summed E-state index contributed by atoms with van der Waals surface area (Å²) >= 11 is 0. The summed E-state index contributed by atoms with van der Waals surface area (Å²) in [6.45, 7) is 6.65. The maximum absolute atomic E-state index is 12.1. The van der Waals surface area contributed by atoms with Gasteiger partial charge in [0.25, 0.3) is 0 Å². The summed E-state index contributed by atoms with van der Waals surface area (Å²) < 4.78 is 5.03. The Morgan fingerprint density at radius 2 is 1.00 bits per heavy atom. The molecule has 0 N–H and O–H groups in total. The Morgan fingerprint density at radius 1 is 0.615 bits per heavy atom. The van der Waals surface area contributed by atoms with Gasteiger partial charge in [0.05, 0.1) is 7.11 Å². The number of rotatable bonds is 18. The Bertz CT molecular complexity index is 357. The first kappa shape index (κ1) is 25.2. The molecule has 0 bridgehead atoms. The van der Waals surface area contributed by atoms with Crippen molar-refractivity contribution in [2.45, 2.75) is 130 Å². The summed E-state index contributed by atoms with van der Waals surface area (Å²) in [5.74, 6) is -0.103. The Kier molecular flexibility index (Phi) is 18.4. The van der Waals surface area contributed by atoms with Gasteiger partial charge in [0.1, 0.15) is 0 Å². The van der Waals surface area contributed by atoms with Crippen molar-refractivity contribution in [2.75, 3.05) is 7.11 Å². The average Bonchev–Trinajstić information content (AvgIpc) is 2.65. The van der Waals surface area contributed by atoms with Gasteiger partial charge in [-0.3, -0.25) is 0 Å². The van der Waals surface area contributed by atoms with Crippen LogP contribution in [0.25, 0.3) is 0 Å². The minimum atomic E-state index is -0.103. The van der Waals surface area contributed by atoms with E-state index >= 15 is 0 Å². The molecule has 0 unspecified atom stereocenters. The molecule has 0 aromatic rings. The van der Waals surface area contributed by atoms with Crippen LogP contribution in [0.15, 0.2) is 11.1 Å². The van der Waals surface area contributed by atoms with Crippen molar-refractivity contribution in [3.8, 4) is 0 Å². The van der Waals surface area contributed by atoms with E-state index in [1.54, 1.807) is 0 Å². The molecule has 0 amide bonds. The summed E-state index contributed by atoms with van der Waals surface area (Å²) in [5.41, 5.74) is 2.21. The van der Waals surface area contributed by atoms with Gasteiger partial charge in [-0.25, -0.2) is 4.79 Å². The molecule has 2 heteroatoms. The van der Waals surface area contributed by atoms with E-state index in [9.17, 15) is 4.79 Å². The van der Waals surface area contributed by atoms with Crippen molar-refractivity contribution in [1.29, 1.82) is 0 Å². The Balaban J connectivity index is 4.03. The number of hydrogen-bond donors (Lipinski definition) is 0. The molecular weight excluding hydrogens is 320 g/mol. The van der Waals surface area contributed by atoms with Crippen molar-refractivity contribution >= 4 is 5.97 Å².